The lowest BCUT2D eigenvalue weighted by Crippen LogP contribution is -2.41. The normalized spacial score (nSPS) is 16.6. The molecule has 1 saturated heterocycles. The number of imidazole rings is 1. The number of nitrogens with two attached hydrogens (primary N) is 1. The highest BCUT2D eigenvalue weighted by Gasteiger charge is 2.28. The lowest BCUT2D eigenvalue weighted by atomic mass is 10.1. The van der Waals surface area contributed by atoms with Gasteiger partial charge >= 0.3 is 0 Å². The van der Waals surface area contributed by atoms with Crippen LogP contribution in [0.5, 0.6) is 5.75 Å². The average molecular weight is 465 g/mol. The maximum absolute atomic E-state index is 5.88. The fourth-order valence-electron chi connectivity index (χ4n) is 3.80. The van der Waals surface area contributed by atoms with Gasteiger partial charge in [0.15, 0.2) is 5.79 Å². The van der Waals surface area contributed by atoms with Gasteiger partial charge in [-0.1, -0.05) is 18.0 Å². The summed E-state index contributed by atoms with van der Waals surface area (Å²) in [5.41, 5.74) is 7.51. The van der Waals surface area contributed by atoms with Crippen LogP contribution in [0.3, 0.4) is 0 Å². The monoisotopic (exact) mass is 464 g/mol. The van der Waals surface area contributed by atoms with Crippen molar-refractivity contribution in [2.45, 2.75) is 45.4 Å². The van der Waals surface area contributed by atoms with Crippen LogP contribution in [-0.4, -0.2) is 46.9 Å². The highest BCUT2D eigenvalue weighted by atomic mass is 16.7. The van der Waals surface area contributed by atoms with E-state index in [-0.39, 0.29) is 12.0 Å². The van der Waals surface area contributed by atoms with Gasteiger partial charge in [-0.25, -0.2) is 4.98 Å². The summed E-state index contributed by atoms with van der Waals surface area (Å²) in [4.78, 5) is 4.41. The molecular weight excluding hydrogens is 432 g/mol. The van der Waals surface area contributed by atoms with Gasteiger partial charge in [0, 0.05) is 36.4 Å². The Morgan fingerprint density at radius 3 is 2.68 bits per heavy atom. The quantitative estimate of drug-likeness (QED) is 0.509. The summed E-state index contributed by atoms with van der Waals surface area (Å²) in [6, 6.07) is 9.52. The van der Waals surface area contributed by atoms with Crippen LogP contribution in [0, 0.1) is 17.8 Å². The molecular formula is C26H32N4O4. The van der Waals surface area contributed by atoms with Gasteiger partial charge in [-0.2, -0.15) is 0 Å². The van der Waals surface area contributed by atoms with Crippen molar-refractivity contribution in [3.63, 3.8) is 0 Å². The second-order valence-corrected chi connectivity index (χ2v) is 8.79. The zero-order valence-electron chi connectivity index (χ0n) is 20.0. The van der Waals surface area contributed by atoms with Crippen molar-refractivity contribution < 1.29 is 18.7 Å². The number of ether oxygens (including phenoxy) is 3. The summed E-state index contributed by atoms with van der Waals surface area (Å²) >= 11 is 0. The Balaban J connectivity index is 1.36. The van der Waals surface area contributed by atoms with E-state index in [1.54, 1.807) is 6.20 Å². The van der Waals surface area contributed by atoms with Gasteiger partial charge in [-0.3, -0.25) is 0 Å². The van der Waals surface area contributed by atoms with E-state index in [0.29, 0.717) is 32.1 Å². The van der Waals surface area contributed by atoms with Crippen LogP contribution >= 0.6 is 0 Å². The molecule has 34 heavy (non-hydrogen) atoms. The molecule has 1 atom stereocenters. The summed E-state index contributed by atoms with van der Waals surface area (Å²) in [5.74, 6) is 8.17. The number of aryl methyl sites for hydroxylation is 1. The lowest BCUT2D eigenvalue weighted by molar-refractivity contribution is -0.264. The maximum atomic E-state index is 5.88. The van der Waals surface area contributed by atoms with E-state index in [1.807, 2.05) is 50.4 Å². The van der Waals surface area contributed by atoms with Crippen molar-refractivity contribution in [2.24, 2.45) is 11.7 Å². The van der Waals surface area contributed by atoms with Crippen LogP contribution in [0.25, 0.3) is 0 Å². The number of aromatic nitrogens is 3. The third-order valence-corrected chi connectivity index (χ3v) is 5.71. The summed E-state index contributed by atoms with van der Waals surface area (Å²) < 4.78 is 24.8. The number of rotatable bonds is 8. The van der Waals surface area contributed by atoms with E-state index in [1.165, 1.54) is 0 Å². The van der Waals surface area contributed by atoms with Crippen LogP contribution in [0.2, 0.25) is 0 Å². The van der Waals surface area contributed by atoms with Gasteiger partial charge in [0.05, 0.1) is 25.9 Å². The molecule has 180 valence electrons. The van der Waals surface area contributed by atoms with Crippen molar-refractivity contribution in [3.8, 4) is 17.6 Å². The third kappa shape index (κ3) is 6.06. The Kier molecular flexibility index (Phi) is 7.68. The summed E-state index contributed by atoms with van der Waals surface area (Å²) in [6.07, 6.45) is 5.33. The topological polar surface area (TPSA) is 97.6 Å². The molecule has 0 aliphatic carbocycles. The SMILES string of the molecule is CCc1nccn1C(CCN)c1cc(C#Cc2ccc(OCC3COC(C)(C)OC3)cc2)on1. The van der Waals surface area contributed by atoms with Crippen molar-refractivity contribution in [1.29, 1.82) is 0 Å². The minimum absolute atomic E-state index is 0.0239. The zero-order chi connectivity index (χ0) is 24.0. The molecule has 2 N–H and O–H groups in total. The summed E-state index contributed by atoms with van der Waals surface area (Å²) in [7, 11) is 0. The molecule has 1 aliphatic rings. The van der Waals surface area contributed by atoms with E-state index in [4.69, 9.17) is 24.5 Å². The minimum Gasteiger partial charge on any atom is -0.493 e. The number of hydrogen-bond donors (Lipinski definition) is 1. The standard InChI is InChI=1S/C26H32N4O4/c1-4-25-28-13-14-30(25)24(11-12-27)23-15-22(34-29-23)10-7-19-5-8-21(9-6-19)31-16-20-17-32-26(2,3)33-18-20/h5-6,8-9,13-15,20,24H,4,11-12,16-18,27H2,1-3H3. The predicted octanol–water partition coefficient (Wildman–Crippen LogP) is 3.55. The van der Waals surface area contributed by atoms with Crippen LogP contribution in [0.1, 0.15) is 56.1 Å². The molecule has 1 fully saturated rings. The number of hydrogen-bond acceptors (Lipinski definition) is 7. The lowest BCUT2D eigenvalue weighted by Gasteiger charge is -2.34. The summed E-state index contributed by atoms with van der Waals surface area (Å²) in [5, 5.41) is 4.25. The molecule has 1 unspecified atom stereocenters. The Bertz CT molecular complexity index is 1110. The molecule has 2 aromatic heterocycles. The van der Waals surface area contributed by atoms with Crippen molar-refractivity contribution in [1.82, 2.24) is 14.7 Å². The van der Waals surface area contributed by atoms with E-state index >= 15 is 0 Å². The fourth-order valence-corrected chi connectivity index (χ4v) is 3.80. The van der Waals surface area contributed by atoms with E-state index in [0.717, 1.165) is 35.7 Å². The second kappa shape index (κ2) is 10.9. The van der Waals surface area contributed by atoms with Crippen molar-refractivity contribution in [2.75, 3.05) is 26.4 Å². The van der Waals surface area contributed by atoms with Gasteiger partial charge in [-0.05, 0) is 57.0 Å². The van der Waals surface area contributed by atoms with Crippen LogP contribution in [-0.2, 0) is 15.9 Å². The number of nitrogens with zero attached hydrogens (tertiary/aromatic N) is 3. The zero-order valence-corrected chi connectivity index (χ0v) is 20.0. The Morgan fingerprint density at radius 1 is 1.21 bits per heavy atom. The van der Waals surface area contributed by atoms with Crippen LogP contribution in [0.4, 0.5) is 0 Å². The van der Waals surface area contributed by atoms with Gasteiger partial charge in [-0.15, -0.1) is 0 Å². The maximum Gasteiger partial charge on any atom is 0.210 e. The molecule has 1 aromatic carbocycles. The van der Waals surface area contributed by atoms with Gasteiger partial charge in [0.25, 0.3) is 0 Å². The molecule has 0 spiro atoms. The molecule has 8 nitrogen and oxygen atoms in total. The highest BCUT2D eigenvalue weighted by molar-refractivity contribution is 5.42. The first-order valence-corrected chi connectivity index (χ1v) is 11.7. The minimum atomic E-state index is -0.510. The Labute approximate surface area is 200 Å². The van der Waals surface area contributed by atoms with Crippen LogP contribution in [0.15, 0.2) is 47.2 Å². The molecule has 4 rings (SSSR count). The van der Waals surface area contributed by atoms with E-state index in [2.05, 4.69) is 33.5 Å². The van der Waals surface area contributed by atoms with Crippen LogP contribution < -0.4 is 10.5 Å². The average Bonchev–Trinajstić information content (AvgIpc) is 3.51. The first-order valence-electron chi connectivity index (χ1n) is 11.7. The Morgan fingerprint density at radius 2 is 1.97 bits per heavy atom. The Hall–Kier alpha value is -3.12. The molecule has 0 amide bonds. The molecule has 8 heteroatoms. The number of benzene rings is 1. The van der Waals surface area contributed by atoms with E-state index < -0.39 is 5.79 Å². The largest absolute Gasteiger partial charge is 0.493 e. The van der Waals surface area contributed by atoms with E-state index in [9.17, 15) is 0 Å². The summed E-state index contributed by atoms with van der Waals surface area (Å²) in [6.45, 7) is 8.25. The van der Waals surface area contributed by atoms with Gasteiger partial charge in [0.1, 0.15) is 17.3 Å². The van der Waals surface area contributed by atoms with Gasteiger partial charge in [0.2, 0.25) is 5.76 Å². The predicted molar refractivity (Wildman–Crippen MR) is 127 cm³/mol. The fraction of sp³-hybridized carbons (Fsp3) is 0.462. The van der Waals surface area contributed by atoms with Gasteiger partial charge < -0.3 is 29.0 Å². The molecule has 3 heterocycles. The molecule has 0 radical (unpaired) electrons. The second-order valence-electron chi connectivity index (χ2n) is 8.79. The van der Waals surface area contributed by atoms with Crippen molar-refractivity contribution >= 4 is 0 Å². The molecule has 0 bridgehead atoms. The van der Waals surface area contributed by atoms with Crippen molar-refractivity contribution in [3.05, 3.63) is 65.6 Å². The first-order chi connectivity index (χ1) is 16.5. The first kappa shape index (κ1) is 24.0. The smallest absolute Gasteiger partial charge is 0.210 e. The molecule has 1 aliphatic heterocycles. The molecule has 0 saturated carbocycles. The third-order valence-electron chi connectivity index (χ3n) is 5.71. The molecule has 3 aromatic rings. The highest BCUT2D eigenvalue weighted by Crippen LogP contribution is 2.24.